The molecule has 1 saturated heterocycles. The molecule has 1 amide bonds. The second-order valence-electron chi connectivity index (χ2n) is 7.48. The number of thioether (sulfide) groups is 1. The van der Waals surface area contributed by atoms with E-state index >= 15 is 0 Å². The van der Waals surface area contributed by atoms with Crippen LogP contribution in [0, 0.1) is 0 Å². The van der Waals surface area contributed by atoms with Crippen molar-refractivity contribution in [1.29, 1.82) is 0 Å². The Kier molecular flexibility index (Phi) is 7.24. The summed E-state index contributed by atoms with van der Waals surface area (Å²) in [4.78, 5) is 18.8. The van der Waals surface area contributed by atoms with Crippen molar-refractivity contribution in [2.75, 3.05) is 42.3 Å². The Morgan fingerprint density at radius 2 is 1.76 bits per heavy atom. The van der Waals surface area contributed by atoms with E-state index in [9.17, 15) is 18.0 Å². The summed E-state index contributed by atoms with van der Waals surface area (Å²) in [6.45, 7) is 1.83. The maximum atomic E-state index is 13.2. The molecule has 33 heavy (non-hydrogen) atoms. The van der Waals surface area contributed by atoms with Gasteiger partial charge in [-0.3, -0.25) is 4.79 Å². The zero-order valence-electron chi connectivity index (χ0n) is 17.7. The number of anilines is 2. The van der Waals surface area contributed by atoms with Crippen molar-refractivity contribution in [2.24, 2.45) is 0 Å². The summed E-state index contributed by atoms with van der Waals surface area (Å²) >= 11 is 0.974. The highest BCUT2D eigenvalue weighted by Crippen LogP contribution is 2.30. The predicted molar refractivity (Wildman–Crippen MR) is 123 cm³/mol. The van der Waals surface area contributed by atoms with E-state index in [2.05, 4.69) is 15.2 Å². The molecule has 0 atom stereocenters. The fourth-order valence-electron chi connectivity index (χ4n) is 3.55. The van der Waals surface area contributed by atoms with Gasteiger partial charge < -0.3 is 19.5 Å². The van der Waals surface area contributed by atoms with Gasteiger partial charge in [0, 0.05) is 24.5 Å². The second kappa shape index (κ2) is 10.3. The summed E-state index contributed by atoms with van der Waals surface area (Å²) in [6.07, 6.45) is -3.00. The van der Waals surface area contributed by atoms with E-state index in [0.717, 1.165) is 35.1 Å². The molecule has 0 radical (unpaired) electrons. The van der Waals surface area contributed by atoms with E-state index in [4.69, 9.17) is 4.74 Å². The molecule has 0 aliphatic carbocycles. The van der Waals surface area contributed by atoms with E-state index in [0.29, 0.717) is 30.2 Å². The van der Waals surface area contributed by atoms with Gasteiger partial charge in [-0.1, -0.05) is 42.1 Å². The molecule has 0 spiro atoms. The minimum absolute atomic E-state index is 0.0612. The predicted octanol–water partition coefficient (Wildman–Crippen LogP) is 4.68. The summed E-state index contributed by atoms with van der Waals surface area (Å²) in [5.41, 5.74) is 2.66. The number of imidazole rings is 1. The number of halogens is 3. The lowest BCUT2D eigenvalue weighted by atomic mass is 10.2. The molecular formula is C23H23F3N4O2S. The van der Waals surface area contributed by atoms with Gasteiger partial charge >= 0.3 is 6.18 Å². The average molecular weight is 477 g/mol. The van der Waals surface area contributed by atoms with Gasteiger partial charge in [-0.2, -0.15) is 13.2 Å². The van der Waals surface area contributed by atoms with Crippen LogP contribution in [0.25, 0.3) is 11.3 Å². The maximum absolute atomic E-state index is 13.2. The van der Waals surface area contributed by atoms with Gasteiger partial charge in [0.15, 0.2) is 5.16 Å². The number of rotatable bonds is 7. The summed E-state index contributed by atoms with van der Waals surface area (Å²) in [5, 5.41) is 2.93. The van der Waals surface area contributed by atoms with Crippen LogP contribution in [0.1, 0.15) is 0 Å². The minimum Gasteiger partial charge on any atom is -0.378 e. The maximum Gasteiger partial charge on any atom is 0.406 e. The summed E-state index contributed by atoms with van der Waals surface area (Å²) in [7, 11) is 0. The van der Waals surface area contributed by atoms with Gasteiger partial charge in [-0.05, 0) is 29.8 Å². The first-order valence-corrected chi connectivity index (χ1v) is 11.4. The van der Waals surface area contributed by atoms with Gasteiger partial charge in [0.2, 0.25) is 5.91 Å². The van der Waals surface area contributed by atoms with Gasteiger partial charge in [0.25, 0.3) is 0 Å². The Balaban J connectivity index is 1.40. The molecule has 0 bridgehead atoms. The Morgan fingerprint density at radius 3 is 2.42 bits per heavy atom. The molecule has 6 nitrogen and oxygen atoms in total. The van der Waals surface area contributed by atoms with Gasteiger partial charge in [0.1, 0.15) is 6.54 Å². The number of ether oxygens (including phenoxy) is 1. The molecule has 0 unspecified atom stereocenters. The Bertz CT molecular complexity index is 1070. The second-order valence-corrected chi connectivity index (χ2v) is 8.42. The van der Waals surface area contributed by atoms with E-state index in [1.165, 1.54) is 6.20 Å². The first kappa shape index (κ1) is 23.2. The number of hydrogen-bond donors (Lipinski definition) is 1. The number of aromatic nitrogens is 2. The normalized spacial score (nSPS) is 14.3. The van der Waals surface area contributed by atoms with Crippen molar-refractivity contribution in [3.05, 3.63) is 60.8 Å². The van der Waals surface area contributed by atoms with Gasteiger partial charge in [-0.25, -0.2) is 4.98 Å². The number of carbonyl (C=O) groups is 1. The van der Waals surface area contributed by atoms with E-state index in [1.807, 2.05) is 24.3 Å². The fourth-order valence-corrected chi connectivity index (χ4v) is 4.33. The molecule has 1 aromatic heterocycles. The first-order valence-electron chi connectivity index (χ1n) is 10.4. The minimum atomic E-state index is -4.41. The van der Waals surface area contributed by atoms with Gasteiger partial charge in [0.05, 0.1) is 30.9 Å². The van der Waals surface area contributed by atoms with Crippen molar-refractivity contribution in [3.63, 3.8) is 0 Å². The molecule has 4 rings (SSSR count). The molecular weight excluding hydrogens is 453 g/mol. The first-order chi connectivity index (χ1) is 15.9. The van der Waals surface area contributed by atoms with Crippen molar-refractivity contribution in [2.45, 2.75) is 17.9 Å². The summed E-state index contributed by atoms with van der Waals surface area (Å²) in [5.74, 6) is -0.379. The number of morpholine rings is 1. The third-order valence-corrected chi connectivity index (χ3v) is 6.08. The number of amides is 1. The molecule has 1 aliphatic rings. The Morgan fingerprint density at radius 1 is 1.06 bits per heavy atom. The average Bonchev–Trinajstić information content (AvgIpc) is 3.20. The quantitative estimate of drug-likeness (QED) is 0.502. The smallest absolute Gasteiger partial charge is 0.378 e. The molecule has 1 aliphatic heterocycles. The molecule has 10 heteroatoms. The number of carbonyl (C=O) groups excluding carboxylic acids is 1. The van der Waals surface area contributed by atoms with Crippen LogP contribution in [-0.4, -0.2) is 53.7 Å². The highest BCUT2D eigenvalue weighted by atomic mass is 32.2. The SMILES string of the molecule is O=C(CSc1ncc(-c2ccccc2)n1CC(F)(F)F)Nc1ccc(N2CCOCC2)cc1. The standard InChI is InChI=1S/C23H23F3N4O2S/c24-23(25,26)16-30-20(17-4-2-1-3-5-17)14-27-22(30)33-15-21(31)28-18-6-8-19(9-7-18)29-10-12-32-13-11-29/h1-9,14H,10-13,15-16H2,(H,28,31). The molecule has 1 fully saturated rings. The van der Waals surface area contributed by atoms with E-state index < -0.39 is 12.7 Å². The van der Waals surface area contributed by atoms with Crippen LogP contribution in [0.2, 0.25) is 0 Å². The van der Waals surface area contributed by atoms with Crippen LogP contribution < -0.4 is 10.2 Å². The molecule has 0 saturated carbocycles. The lowest BCUT2D eigenvalue weighted by Gasteiger charge is -2.28. The lowest BCUT2D eigenvalue weighted by molar-refractivity contribution is -0.141. The third kappa shape index (κ3) is 6.29. The largest absolute Gasteiger partial charge is 0.406 e. The molecule has 1 N–H and O–H groups in total. The number of nitrogens with zero attached hydrogens (tertiary/aromatic N) is 3. The van der Waals surface area contributed by atoms with Crippen LogP contribution >= 0.6 is 11.8 Å². The molecule has 2 heterocycles. The zero-order chi connectivity index (χ0) is 23.3. The summed E-state index contributed by atoms with van der Waals surface area (Å²) < 4.78 is 46.1. The monoisotopic (exact) mass is 476 g/mol. The van der Waals surface area contributed by atoms with Crippen molar-refractivity contribution in [1.82, 2.24) is 9.55 Å². The number of hydrogen-bond acceptors (Lipinski definition) is 5. The third-order valence-electron chi connectivity index (χ3n) is 5.09. The highest BCUT2D eigenvalue weighted by Gasteiger charge is 2.31. The van der Waals surface area contributed by atoms with Crippen LogP contribution in [0.15, 0.2) is 66.0 Å². The highest BCUT2D eigenvalue weighted by molar-refractivity contribution is 7.99. The zero-order valence-corrected chi connectivity index (χ0v) is 18.5. The lowest BCUT2D eigenvalue weighted by Crippen LogP contribution is -2.36. The molecule has 174 valence electrons. The van der Waals surface area contributed by atoms with E-state index in [-0.39, 0.29) is 16.8 Å². The van der Waals surface area contributed by atoms with Crippen molar-refractivity contribution >= 4 is 29.0 Å². The van der Waals surface area contributed by atoms with Crippen LogP contribution in [-0.2, 0) is 16.1 Å². The van der Waals surface area contributed by atoms with Gasteiger partial charge in [-0.15, -0.1) is 0 Å². The molecule has 3 aromatic rings. The van der Waals surface area contributed by atoms with Crippen LogP contribution in [0.4, 0.5) is 24.5 Å². The number of benzene rings is 2. The van der Waals surface area contributed by atoms with Crippen molar-refractivity contribution < 1.29 is 22.7 Å². The van der Waals surface area contributed by atoms with Crippen LogP contribution in [0.5, 0.6) is 0 Å². The topological polar surface area (TPSA) is 59.4 Å². The van der Waals surface area contributed by atoms with Crippen LogP contribution in [0.3, 0.4) is 0 Å². The summed E-state index contributed by atoms with van der Waals surface area (Å²) in [6, 6.07) is 16.2. The number of nitrogens with one attached hydrogen (secondary N) is 1. The number of alkyl halides is 3. The molecule has 2 aromatic carbocycles. The Hall–Kier alpha value is -2.98. The fraction of sp³-hybridized carbons (Fsp3) is 0.304. The van der Waals surface area contributed by atoms with Crippen molar-refractivity contribution in [3.8, 4) is 11.3 Å². The Labute approximate surface area is 193 Å². The van der Waals surface area contributed by atoms with E-state index in [1.54, 1.807) is 30.3 Å².